The third-order valence-corrected chi connectivity index (χ3v) is 7.19. The molecule has 1 saturated heterocycles. The fourth-order valence-electron chi connectivity index (χ4n) is 3.25. The number of nitrogens with zero attached hydrogens (tertiary/aromatic N) is 3. The van der Waals surface area contributed by atoms with Crippen LogP contribution in [0.3, 0.4) is 0 Å². The highest BCUT2D eigenvalue weighted by Gasteiger charge is 2.25. The summed E-state index contributed by atoms with van der Waals surface area (Å²) in [5, 5.41) is 0. The maximum Gasteiger partial charge on any atom is 0.263 e. The predicted molar refractivity (Wildman–Crippen MR) is 118 cm³/mol. The quantitative estimate of drug-likeness (QED) is 0.528. The zero-order valence-electron chi connectivity index (χ0n) is 17.7. The molecule has 2 amide bonds. The van der Waals surface area contributed by atoms with Crippen molar-refractivity contribution in [3.8, 4) is 0 Å². The van der Waals surface area contributed by atoms with Crippen LogP contribution in [-0.2, 0) is 35.4 Å². The molecule has 9 nitrogen and oxygen atoms in total. The van der Waals surface area contributed by atoms with Gasteiger partial charge in [0.1, 0.15) is 11.5 Å². The second-order valence-electron chi connectivity index (χ2n) is 7.24. The van der Waals surface area contributed by atoms with E-state index in [9.17, 15) is 18.0 Å². The minimum absolute atomic E-state index is 0.355. The van der Waals surface area contributed by atoms with Gasteiger partial charge < -0.3 is 18.9 Å². The lowest BCUT2D eigenvalue weighted by atomic mass is 10.2. The van der Waals surface area contributed by atoms with Crippen molar-refractivity contribution in [1.82, 2.24) is 9.47 Å². The van der Waals surface area contributed by atoms with E-state index in [-0.39, 0.29) is 0 Å². The van der Waals surface area contributed by atoms with Crippen LogP contribution in [0.4, 0.5) is 0 Å². The number of carbonyl (C=O) groups excluding carboxylic acids is 2. The van der Waals surface area contributed by atoms with E-state index < -0.39 is 33.2 Å². The maximum atomic E-state index is 12.5. The Labute approximate surface area is 185 Å². The van der Waals surface area contributed by atoms with Crippen molar-refractivity contribution < 1.29 is 27.5 Å². The van der Waals surface area contributed by atoms with Crippen LogP contribution in [0.25, 0.3) is 10.2 Å². The molecule has 0 bridgehead atoms. The number of aryl methyl sites for hydroxylation is 1. The summed E-state index contributed by atoms with van der Waals surface area (Å²) in [6, 6.07) is 5.92. The smallest absolute Gasteiger partial charge is 0.263 e. The van der Waals surface area contributed by atoms with Crippen LogP contribution in [0.2, 0.25) is 0 Å². The number of benzene rings is 1. The summed E-state index contributed by atoms with van der Waals surface area (Å²) in [6.07, 6.45) is 0. The van der Waals surface area contributed by atoms with Crippen LogP contribution in [-0.4, -0.2) is 80.7 Å². The molecule has 0 aliphatic carbocycles. The Morgan fingerprint density at radius 3 is 2.68 bits per heavy atom. The van der Waals surface area contributed by atoms with Gasteiger partial charge in [-0.1, -0.05) is 17.4 Å². The van der Waals surface area contributed by atoms with Crippen LogP contribution in [0.15, 0.2) is 23.2 Å². The highest BCUT2D eigenvalue weighted by Crippen LogP contribution is 2.19. The second-order valence-corrected chi connectivity index (χ2v) is 10.3. The topological polar surface area (TPSA) is 107 Å². The molecular weight excluding hydrogens is 442 g/mol. The number of hydrogen-bond donors (Lipinski definition) is 0. The summed E-state index contributed by atoms with van der Waals surface area (Å²) in [6.45, 7) is 6.86. The molecule has 11 heteroatoms. The van der Waals surface area contributed by atoms with Gasteiger partial charge in [0.05, 0.1) is 30.0 Å². The number of hydrogen-bond acceptors (Lipinski definition) is 7. The third kappa shape index (κ3) is 6.45. The van der Waals surface area contributed by atoms with Gasteiger partial charge in [0.25, 0.3) is 5.91 Å². The number of carbonyl (C=O) groups is 2. The number of aromatic nitrogens is 1. The van der Waals surface area contributed by atoms with Crippen molar-refractivity contribution in [2.45, 2.75) is 20.4 Å². The van der Waals surface area contributed by atoms with Gasteiger partial charge in [-0.25, -0.2) is 8.42 Å². The van der Waals surface area contributed by atoms with E-state index in [1.54, 1.807) is 0 Å². The van der Waals surface area contributed by atoms with Crippen molar-refractivity contribution in [1.29, 1.82) is 0 Å². The Morgan fingerprint density at radius 2 is 1.97 bits per heavy atom. The molecule has 31 heavy (non-hydrogen) atoms. The Kier molecular flexibility index (Phi) is 7.98. The first-order valence-corrected chi connectivity index (χ1v) is 12.7. The zero-order chi connectivity index (χ0) is 22.4. The van der Waals surface area contributed by atoms with E-state index in [1.165, 1.54) is 16.2 Å². The van der Waals surface area contributed by atoms with Gasteiger partial charge in [0, 0.05) is 26.2 Å². The standard InChI is InChI=1S/C20H27N3O6S2/c1-3-28-11-8-23-16-5-4-15(2)12-17(16)30-20(23)21-18(24)13-31(26,27)14-19(25)22-6-9-29-10-7-22/h4-5,12H,3,6-11,13-14H2,1-2H3. The van der Waals surface area contributed by atoms with Crippen molar-refractivity contribution >= 4 is 43.2 Å². The van der Waals surface area contributed by atoms with Crippen LogP contribution in [0.1, 0.15) is 12.5 Å². The molecule has 1 aromatic carbocycles. The molecule has 1 aromatic heterocycles. The number of sulfone groups is 1. The number of rotatable bonds is 8. The molecular formula is C20H27N3O6S2. The van der Waals surface area contributed by atoms with Crippen molar-refractivity contribution in [3.05, 3.63) is 28.6 Å². The second kappa shape index (κ2) is 10.5. The highest BCUT2D eigenvalue weighted by atomic mass is 32.2. The first-order valence-electron chi connectivity index (χ1n) is 10.1. The molecule has 0 atom stereocenters. The largest absolute Gasteiger partial charge is 0.380 e. The van der Waals surface area contributed by atoms with Gasteiger partial charge >= 0.3 is 0 Å². The summed E-state index contributed by atoms with van der Waals surface area (Å²) in [4.78, 5) is 30.7. The summed E-state index contributed by atoms with van der Waals surface area (Å²) >= 11 is 1.32. The number of ether oxygens (including phenoxy) is 2. The number of morpholine rings is 1. The molecule has 2 aromatic rings. The lowest BCUT2D eigenvalue weighted by molar-refractivity contribution is -0.132. The predicted octanol–water partition coefficient (Wildman–Crippen LogP) is 0.749. The van der Waals surface area contributed by atoms with Gasteiger partial charge in [-0.15, -0.1) is 0 Å². The average Bonchev–Trinajstić information content (AvgIpc) is 3.03. The molecule has 1 fully saturated rings. The number of amides is 2. The van der Waals surface area contributed by atoms with Crippen LogP contribution < -0.4 is 4.80 Å². The molecule has 170 valence electrons. The maximum absolute atomic E-state index is 12.5. The zero-order valence-corrected chi connectivity index (χ0v) is 19.3. The molecule has 1 aliphatic rings. The Balaban J connectivity index is 1.78. The minimum Gasteiger partial charge on any atom is -0.380 e. The summed E-state index contributed by atoms with van der Waals surface area (Å²) in [5.74, 6) is -2.81. The third-order valence-electron chi connectivity index (χ3n) is 4.77. The van der Waals surface area contributed by atoms with Crippen molar-refractivity contribution in [2.24, 2.45) is 4.99 Å². The molecule has 0 saturated carbocycles. The van der Waals surface area contributed by atoms with Gasteiger partial charge in [-0.3, -0.25) is 9.59 Å². The van der Waals surface area contributed by atoms with Crippen LogP contribution in [0.5, 0.6) is 0 Å². The molecule has 0 radical (unpaired) electrons. The average molecular weight is 470 g/mol. The molecule has 3 rings (SSSR count). The van der Waals surface area contributed by atoms with Crippen molar-refractivity contribution in [3.63, 3.8) is 0 Å². The number of fused-ring (bicyclic) bond motifs is 1. The molecule has 2 heterocycles. The van der Waals surface area contributed by atoms with Crippen molar-refractivity contribution in [2.75, 3.05) is 51.0 Å². The van der Waals surface area contributed by atoms with Crippen LogP contribution >= 0.6 is 11.3 Å². The lowest BCUT2D eigenvalue weighted by Gasteiger charge is -2.26. The fraction of sp³-hybridized carbons (Fsp3) is 0.550. The molecule has 0 spiro atoms. The van der Waals surface area contributed by atoms with E-state index in [2.05, 4.69) is 4.99 Å². The summed E-state index contributed by atoms with van der Waals surface area (Å²) in [5.41, 5.74) is 1.99. The first kappa shape index (κ1) is 23.6. The van der Waals surface area contributed by atoms with Gasteiger partial charge in [0.2, 0.25) is 5.91 Å². The number of thiazole rings is 1. The SMILES string of the molecule is CCOCCn1c(=NC(=O)CS(=O)(=O)CC(=O)N2CCOCC2)sc2cc(C)ccc21. The van der Waals surface area contributed by atoms with E-state index >= 15 is 0 Å². The van der Waals surface area contributed by atoms with E-state index in [1.807, 2.05) is 36.6 Å². The Bertz CT molecular complexity index is 1110. The van der Waals surface area contributed by atoms with Crippen LogP contribution in [0, 0.1) is 6.92 Å². The normalized spacial score (nSPS) is 15.5. The minimum atomic E-state index is -3.92. The molecule has 0 N–H and O–H groups in total. The lowest BCUT2D eigenvalue weighted by Crippen LogP contribution is -2.43. The highest BCUT2D eigenvalue weighted by molar-refractivity contribution is 7.92. The fourth-order valence-corrected chi connectivity index (χ4v) is 5.53. The van der Waals surface area contributed by atoms with E-state index in [0.29, 0.717) is 50.9 Å². The monoisotopic (exact) mass is 469 g/mol. The van der Waals surface area contributed by atoms with Gasteiger partial charge in [0.15, 0.2) is 14.6 Å². The Hall–Kier alpha value is -2.08. The van der Waals surface area contributed by atoms with E-state index in [4.69, 9.17) is 9.47 Å². The van der Waals surface area contributed by atoms with Gasteiger partial charge in [-0.05, 0) is 31.5 Å². The molecule has 0 unspecified atom stereocenters. The van der Waals surface area contributed by atoms with Gasteiger partial charge in [-0.2, -0.15) is 4.99 Å². The first-order chi connectivity index (χ1) is 14.8. The molecule has 1 aliphatic heterocycles. The van der Waals surface area contributed by atoms with E-state index in [0.717, 1.165) is 15.8 Å². The summed E-state index contributed by atoms with van der Waals surface area (Å²) < 4.78 is 38.2. The summed E-state index contributed by atoms with van der Waals surface area (Å²) in [7, 11) is -3.92. The Morgan fingerprint density at radius 1 is 1.23 bits per heavy atom.